The van der Waals surface area contributed by atoms with Gasteiger partial charge < -0.3 is 9.13 Å². The number of nitrogens with zero attached hydrogens (tertiary/aromatic N) is 4. The van der Waals surface area contributed by atoms with Gasteiger partial charge in [-0.15, -0.1) is 0 Å². The third kappa shape index (κ3) is 4.05. The van der Waals surface area contributed by atoms with Crippen LogP contribution in [0.2, 0.25) is 0 Å². The quantitative estimate of drug-likeness (QED) is 0.184. The summed E-state index contributed by atoms with van der Waals surface area (Å²) < 4.78 is 147. The number of hydrogen-bond donors (Lipinski definition) is 0. The number of rotatable bonds is 4. The summed E-state index contributed by atoms with van der Waals surface area (Å²) in [6.07, 6.45) is 0. The van der Waals surface area contributed by atoms with Crippen LogP contribution in [0.5, 0.6) is 0 Å². The zero-order chi connectivity index (χ0) is 47.4. The van der Waals surface area contributed by atoms with Gasteiger partial charge in [-0.3, -0.25) is 4.57 Å². The molecule has 0 amide bonds. The lowest BCUT2D eigenvalue weighted by Crippen LogP contribution is -2.04. The van der Waals surface area contributed by atoms with E-state index in [0.717, 1.165) is 21.8 Å². The average molecular weight is 667 g/mol. The maximum atomic E-state index is 9.28. The minimum absolute atomic E-state index is 0.0313. The molecule has 238 valence electrons. The summed E-state index contributed by atoms with van der Waals surface area (Å²) in [7, 11) is 0. The molecule has 11 aromatic rings. The second-order valence-corrected chi connectivity index (χ2v) is 12.0. The number of fused-ring (bicyclic) bond motifs is 9. The van der Waals surface area contributed by atoms with Crippen LogP contribution in [0.25, 0.3) is 93.9 Å². The van der Waals surface area contributed by atoms with Crippen LogP contribution in [-0.4, -0.2) is 18.7 Å². The first-order chi connectivity index (χ1) is 32.0. The average Bonchev–Trinajstić information content (AvgIpc) is 4.01. The Morgan fingerprint density at radius 1 is 0.392 bits per heavy atom. The van der Waals surface area contributed by atoms with E-state index in [4.69, 9.17) is 21.4 Å². The first-order valence-corrected chi connectivity index (χ1v) is 16.1. The van der Waals surface area contributed by atoms with Crippen molar-refractivity contribution in [2.24, 2.45) is 0 Å². The normalized spacial score (nSPS) is 16.3. The molecule has 0 radical (unpaired) electrons. The Kier molecular flexibility index (Phi) is 3.53. The summed E-state index contributed by atoms with van der Waals surface area (Å²) in [6.45, 7) is 0. The lowest BCUT2D eigenvalue weighted by atomic mass is 10.1. The van der Waals surface area contributed by atoms with Gasteiger partial charge in [-0.25, -0.2) is 4.98 Å². The van der Waals surface area contributed by atoms with Gasteiger partial charge >= 0.3 is 0 Å². The standard InChI is InChI=1S/C47H30N4/c1-8-22-40-32(15-1)33-16-2-9-23-41(33)49(40)31-29-39(48-47(30-31)51-44-26-12-5-19-36(44)37-20-6-13-27-45(37)51)38-21-7-14-28-46(38)50-42-24-10-3-17-34(42)35-18-4-11-25-43(35)50/h1-30H/i1D,2D,5D,6D,8D,9D,12D,13D,15D,16D,19D,20D,22D,23D,26D,27D. The SMILES string of the molecule is [2H]c1c([2H])c([2H])c2c(c1[2H])c1c([2H])c([2H])c([2H])c([2H])c1n2-c1cc(-c2ccccc2-n2c3ccccc3c3ccccc32)nc(-n2c3c([2H])c([2H])c([2H])c([2H])c3c3c([2H])c([2H])c([2H])c([2H])c32)c1. The van der Waals surface area contributed by atoms with Crippen molar-refractivity contribution in [1.29, 1.82) is 0 Å². The number of para-hydroxylation sites is 7. The van der Waals surface area contributed by atoms with Gasteiger partial charge in [0, 0.05) is 43.9 Å². The molecule has 0 saturated carbocycles. The van der Waals surface area contributed by atoms with Gasteiger partial charge in [0.05, 0.1) is 72.1 Å². The molecule has 0 spiro atoms. The fourth-order valence-electron chi connectivity index (χ4n) is 7.28. The fraction of sp³-hybridized carbons (Fsp3) is 0. The van der Waals surface area contributed by atoms with Crippen LogP contribution in [0, 0.1) is 0 Å². The van der Waals surface area contributed by atoms with E-state index in [1.165, 1.54) is 15.2 Å². The molecule has 4 nitrogen and oxygen atoms in total. The molecule has 0 unspecified atom stereocenters. The maximum absolute atomic E-state index is 9.28. The molecule has 4 aromatic heterocycles. The Morgan fingerprint density at radius 2 is 0.843 bits per heavy atom. The molecule has 0 fully saturated rings. The van der Waals surface area contributed by atoms with Crippen molar-refractivity contribution in [3.05, 3.63) is 182 Å². The van der Waals surface area contributed by atoms with Crippen LogP contribution in [0.15, 0.2) is 182 Å². The highest BCUT2D eigenvalue weighted by molar-refractivity contribution is 6.11. The molecule has 0 aliphatic carbocycles. The Hall–Kier alpha value is -6.91. The van der Waals surface area contributed by atoms with Crippen molar-refractivity contribution in [1.82, 2.24) is 18.7 Å². The summed E-state index contributed by atoms with van der Waals surface area (Å²) in [5.41, 5.74) is 2.12. The first-order valence-electron chi connectivity index (χ1n) is 24.1. The van der Waals surface area contributed by atoms with Crippen molar-refractivity contribution in [2.45, 2.75) is 0 Å². The highest BCUT2D eigenvalue weighted by Crippen LogP contribution is 2.39. The minimum Gasteiger partial charge on any atom is -0.309 e. The van der Waals surface area contributed by atoms with Crippen LogP contribution in [0.1, 0.15) is 21.9 Å². The van der Waals surface area contributed by atoms with Gasteiger partial charge in [-0.1, -0.05) is 127 Å². The molecule has 0 aliphatic rings. The van der Waals surface area contributed by atoms with E-state index in [1.807, 2.05) is 60.7 Å². The van der Waals surface area contributed by atoms with Crippen LogP contribution in [0.3, 0.4) is 0 Å². The van der Waals surface area contributed by atoms with Crippen LogP contribution in [-0.2, 0) is 0 Å². The van der Waals surface area contributed by atoms with Crippen molar-refractivity contribution in [3.63, 3.8) is 0 Å². The van der Waals surface area contributed by atoms with Gasteiger partial charge in [-0.05, 0) is 48.4 Å². The van der Waals surface area contributed by atoms with Gasteiger partial charge in [-0.2, -0.15) is 0 Å². The zero-order valence-corrected chi connectivity index (χ0v) is 26.4. The molecule has 0 aliphatic heterocycles. The molecule has 0 atom stereocenters. The minimum atomic E-state index is -0.653. The smallest absolute Gasteiger partial charge is 0.140 e. The van der Waals surface area contributed by atoms with Gasteiger partial charge in [0.25, 0.3) is 0 Å². The van der Waals surface area contributed by atoms with E-state index in [1.54, 1.807) is 18.2 Å². The summed E-state index contributed by atoms with van der Waals surface area (Å²) in [6, 6.07) is 16.3. The first kappa shape index (κ1) is 16.7. The molecular formula is C47H30N4. The third-order valence-electron chi connectivity index (χ3n) is 9.35. The lowest BCUT2D eigenvalue weighted by molar-refractivity contribution is 1.06. The molecule has 0 saturated heterocycles. The monoisotopic (exact) mass is 666 g/mol. The summed E-state index contributed by atoms with van der Waals surface area (Å²) in [4.78, 5) is 5.17. The molecule has 4 heteroatoms. The Bertz CT molecular complexity index is 3690. The maximum Gasteiger partial charge on any atom is 0.140 e. The molecule has 0 bridgehead atoms. The predicted molar refractivity (Wildman–Crippen MR) is 213 cm³/mol. The number of benzene rings is 7. The van der Waals surface area contributed by atoms with Gasteiger partial charge in [0.15, 0.2) is 0 Å². The van der Waals surface area contributed by atoms with Crippen molar-refractivity contribution < 1.29 is 21.9 Å². The van der Waals surface area contributed by atoms with Crippen molar-refractivity contribution in [3.8, 4) is 28.5 Å². The lowest BCUT2D eigenvalue weighted by Gasteiger charge is -2.17. The number of pyridine rings is 1. The summed E-state index contributed by atoms with van der Waals surface area (Å²) >= 11 is 0. The summed E-state index contributed by atoms with van der Waals surface area (Å²) in [5.74, 6) is -0.156. The van der Waals surface area contributed by atoms with Crippen LogP contribution < -0.4 is 0 Å². The second-order valence-electron chi connectivity index (χ2n) is 12.0. The highest BCUT2D eigenvalue weighted by Gasteiger charge is 2.20. The second kappa shape index (κ2) is 10.8. The molecule has 51 heavy (non-hydrogen) atoms. The highest BCUT2D eigenvalue weighted by atomic mass is 15.1. The van der Waals surface area contributed by atoms with Crippen LogP contribution in [0.4, 0.5) is 0 Å². The molecule has 7 aromatic carbocycles. The molecule has 4 heterocycles. The molecule has 11 rings (SSSR count). The van der Waals surface area contributed by atoms with Crippen molar-refractivity contribution >= 4 is 65.4 Å². The largest absolute Gasteiger partial charge is 0.309 e. The third-order valence-corrected chi connectivity index (χ3v) is 9.35. The topological polar surface area (TPSA) is 27.7 Å². The van der Waals surface area contributed by atoms with Gasteiger partial charge in [0.2, 0.25) is 0 Å². The number of hydrogen-bond acceptors (Lipinski definition) is 1. The zero-order valence-electron chi connectivity index (χ0n) is 42.4. The Balaban J connectivity index is 1.38. The number of aromatic nitrogens is 4. The van der Waals surface area contributed by atoms with Crippen molar-refractivity contribution in [2.75, 3.05) is 0 Å². The molecular weight excluding hydrogens is 621 g/mol. The van der Waals surface area contributed by atoms with E-state index in [-0.39, 0.29) is 60.8 Å². The van der Waals surface area contributed by atoms with Gasteiger partial charge in [0.1, 0.15) is 5.82 Å². The Morgan fingerprint density at radius 3 is 1.39 bits per heavy atom. The fourth-order valence-corrected chi connectivity index (χ4v) is 7.28. The predicted octanol–water partition coefficient (Wildman–Crippen LogP) is 12.0. The Labute approximate surface area is 316 Å². The van der Waals surface area contributed by atoms with E-state index in [2.05, 4.69) is 4.57 Å². The van der Waals surface area contributed by atoms with Crippen LogP contribution >= 0.6 is 0 Å². The van der Waals surface area contributed by atoms with E-state index in [0.29, 0.717) is 11.3 Å². The van der Waals surface area contributed by atoms with E-state index >= 15 is 0 Å². The molecule has 0 N–H and O–H groups in total. The van der Waals surface area contributed by atoms with E-state index in [9.17, 15) is 5.48 Å². The van der Waals surface area contributed by atoms with E-state index < -0.39 is 96.7 Å². The summed E-state index contributed by atoms with van der Waals surface area (Å²) in [5, 5.41) is 1.15.